The van der Waals surface area contributed by atoms with E-state index in [1.807, 2.05) is 0 Å². The van der Waals surface area contributed by atoms with Crippen LogP contribution in [0.4, 0.5) is 23.2 Å². The highest BCUT2D eigenvalue weighted by Gasteiger charge is 2.31. The monoisotopic (exact) mass is 261 g/mol. The molecule has 2 rings (SSSR count). The Labute approximate surface area is 103 Å². The maximum Gasteiger partial charge on any atom is 0.416 e. The van der Waals surface area contributed by atoms with Gasteiger partial charge in [0.1, 0.15) is 5.82 Å². The number of nitrogens with one attached hydrogen (secondary N) is 1. The lowest BCUT2D eigenvalue weighted by Crippen LogP contribution is -2.17. The maximum atomic E-state index is 13.5. The molecule has 5 heteroatoms. The van der Waals surface area contributed by atoms with Crippen molar-refractivity contribution in [1.82, 2.24) is 0 Å². The van der Waals surface area contributed by atoms with Gasteiger partial charge in [-0.05, 0) is 43.4 Å². The van der Waals surface area contributed by atoms with Crippen molar-refractivity contribution < 1.29 is 17.6 Å². The van der Waals surface area contributed by atoms with E-state index in [2.05, 4.69) is 12.2 Å². The van der Waals surface area contributed by atoms with Crippen LogP contribution in [0.2, 0.25) is 0 Å². The predicted octanol–water partition coefficient (Wildman–Crippen LogP) is 4.45. The average molecular weight is 261 g/mol. The zero-order chi connectivity index (χ0) is 13.3. The number of hydrogen-bond donors (Lipinski definition) is 1. The van der Waals surface area contributed by atoms with Crippen LogP contribution in [0, 0.1) is 11.7 Å². The van der Waals surface area contributed by atoms with Crippen LogP contribution in [0.25, 0.3) is 0 Å². The fraction of sp³-hybridized carbons (Fsp3) is 0.538. The Kier molecular flexibility index (Phi) is 3.50. The molecule has 1 aromatic rings. The normalized spacial score (nSPS) is 24.3. The van der Waals surface area contributed by atoms with Gasteiger partial charge in [-0.3, -0.25) is 0 Å². The van der Waals surface area contributed by atoms with Crippen molar-refractivity contribution in [3.8, 4) is 0 Å². The third-order valence-electron chi connectivity index (χ3n) is 3.35. The highest BCUT2D eigenvalue weighted by molar-refractivity contribution is 5.49. The molecule has 0 amide bonds. The van der Waals surface area contributed by atoms with Gasteiger partial charge in [0.25, 0.3) is 0 Å². The smallest absolute Gasteiger partial charge is 0.380 e. The third-order valence-corrected chi connectivity index (χ3v) is 3.35. The fourth-order valence-electron chi connectivity index (χ4n) is 2.37. The molecule has 1 aliphatic carbocycles. The van der Waals surface area contributed by atoms with Crippen LogP contribution in [0.1, 0.15) is 31.7 Å². The second-order valence-electron chi connectivity index (χ2n) is 4.95. The average Bonchev–Trinajstić information content (AvgIpc) is 2.66. The number of anilines is 1. The van der Waals surface area contributed by atoms with Crippen LogP contribution >= 0.6 is 0 Å². The summed E-state index contributed by atoms with van der Waals surface area (Å²) in [5, 5.41) is 2.88. The minimum absolute atomic E-state index is 0.0519. The van der Waals surface area contributed by atoms with Gasteiger partial charge in [-0.1, -0.05) is 6.92 Å². The van der Waals surface area contributed by atoms with E-state index in [-0.39, 0.29) is 11.7 Å². The molecule has 100 valence electrons. The van der Waals surface area contributed by atoms with Crippen LogP contribution in [0.5, 0.6) is 0 Å². The Morgan fingerprint density at radius 3 is 2.50 bits per heavy atom. The Balaban J connectivity index is 2.16. The molecule has 0 saturated heterocycles. The molecule has 0 bridgehead atoms. The summed E-state index contributed by atoms with van der Waals surface area (Å²) >= 11 is 0. The minimum atomic E-state index is -4.44. The van der Waals surface area contributed by atoms with Crippen molar-refractivity contribution in [2.45, 2.75) is 38.4 Å². The molecular formula is C13H15F4N. The lowest BCUT2D eigenvalue weighted by Gasteiger charge is -2.16. The number of rotatable bonds is 2. The Morgan fingerprint density at radius 1 is 1.22 bits per heavy atom. The van der Waals surface area contributed by atoms with E-state index in [0.29, 0.717) is 5.92 Å². The summed E-state index contributed by atoms with van der Waals surface area (Å²) in [6.45, 7) is 2.09. The highest BCUT2D eigenvalue weighted by atomic mass is 19.4. The minimum Gasteiger partial charge on any atom is -0.380 e. The van der Waals surface area contributed by atoms with Gasteiger partial charge in [0.2, 0.25) is 0 Å². The van der Waals surface area contributed by atoms with Gasteiger partial charge in [0.05, 0.1) is 11.3 Å². The SMILES string of the molecule is CC1CCC(Nc2cc(C(F)(F)F)ccc2F)C1. The zero-order valence-corrected chi connectivity index (χ0v) is 10.0. The van der Waals surface area contributed by atoms with Crippen molar-refractivity contribution in [2.24, 2.45) is 5.92 Å². The number of alkyl halides is 3. The van der Waals surface area contributed by atoms with Crippen molar-refractivity contribution in [3.05, 3.63) is 29.6 Å². The summed E-state index contributed by atoms with van der Waals surface area (Å²) in [5.74, 6) is -0.0982. The van der Waals surface area contributed by atoms with E-state index >= 15 is 0 Å². The van der Waals surface area contributed by atoms with Crippen molar-refractivity contribution in [3.63, 3.8) is 0 Å². The van der Waals surface area contributed by atoms with E-state index < -0.39 is 17.6 Å². The van der Waals surface area contributed by atoms with Gasteiger partial charge >= 0.3 is 6.18 Å². The molecule has 1 saturated carbocycles. The summed E-state index contributed by atoms with van der Waals surface area (Å²) in [5.41, 5.74) is -0.874. The van der Waals surface area contributed by atoms with Gasteiger partial charge in [-0.15, -0.1) is 0 Å². The fourth-order valence-corrected chi connectivity index (χ4v) is 2.37. The molecule has 1 aromatic carbocycles. The standard InChI is InChI=1S/C13H15F4N/c1-8-2-4-10(6-8)18-12-7-9(13(15,16)17)3-5-11(12)14/h3,5,7-8,10,18H,2,4,6H2,1H3. The molecule has 0 aromatic heterocycles. The predicted molar refractivity (Wildman–Crippen MR) is 61.8 cm³/mol. The van der Waals surface area contributed by atoms with Gasteiger partial charge < -0.3 is 5.32 Å². The molecule has 0 heterocycles. The summed E-state index contributed by atoms with van der Waals surface area (Å²) in [7, 11) is 0. The summed E-state index contributed by atoms with van der Waals surface area (Å²) in [4.78, 5) is 0. The van der Waals surface area contributed by atoms with Crippen LogP contribution in [0.15, 0.2) is 18.2 Å². The number of halogens is 4. The molecular weight excluding hydrogens is 246 g/mol. The zero-order valence-electron chi connectivity index (χ0n) is 10.0. The van der Waals surface area contributed by atoms with Crippen LogP contribution in [-0.4, -0.2) is 6.04 Å². The van der Waals surface area contributed by atoms with E-state index in [1.54, 1.807) is 0 Å². The molecule has 18 heavy (non-hydrogen) atoms. The second kappa shape index (κ2) is 4.78. The lowest BCUT2D eigenvalue weighted by molar-refractivity contribution is -0.137. The molecule has 0 spiro atoms. The lowest BCUT2D eigenvalue weighted by atomic mass is 10.1. The molecule has 1 N–H and O–H groups in total. The second-order valence-corrected chi connectivity index (χ2v) is 4.95. The van der Waals surface area contributed by atoms with Crippen molar-refractivity contribution in [1.29, 1.82) is 0 Å². The van der Waals surface area contributed by atoms with Crippen LogP contribution in [-0.2, 0) is 6.18 Å². The first kappa shape index (κ1) is 13.2. The quantitative estimate of drug-likeness (QED) is 0.776. The molecule has 2 unspecified atom stereocenters. The van der Waals surface area contributed by atoms with Crippen molar-refractivity contribution in [2.75, 3.05) is 5.32 Å². The third kappa shape index (κ3) is 2.94. The van der Waals surface area contributed by atoms with Gasteiger partial charge in [-0.2, -0.15) is 13.2 Å². The molecule has 1 nitrogen and oxygen atoms in total. The van der Waals surface area contributed by atoms with Crippen molar-refractivity contribution >= 4 is 5.69 Å². The molecule has 0 aliphatic heterocycles. The topological polar surface area (TPSA) is 12.0 Å². The molecule has 1 fully saturated rings. The number of hydrogen-bond acceptors (Lipinski definition) is 1. The Bertz CT molecular complexity index is 427. The molecule has 0 radical (unpaired) electrons. The van der Waals surface area contributed by atoms with E-state index in [4.69, 9.17) is 0 Å². The van der Waals surface area contributed by atoms with Gasteiger partial charge in [0, 0.05) is 6.04 Å². The molecule has 1 aliphatic rings. The van der Waals surface area contributed by atoms with Gasteiger partial charge in [-0.25, -0.2) is 4.39 Å². The summed E-state index contributed by atoms with van der Waals surface area (Å²) in [6.07, 6.45) is -1.67. The van der Waals surface area contributed by atoms with Crippen LogP contribution < -0.4 is 5.32 Å². The first-order chi connectivity index (χ1) is 8.36. The van der Waals surface area contributed by atoms with Gasteiger partial charge in [0.15, 0.2) is 0 Å². The van der Waals surface area contributed by atoms with E-state index in [0.717, 1.165) is 37.5 Å². The Hall–Kier alpha value is -1.26. The van der Waals surface area contributed by atoms with E-state index in [1.165, 1.54) is 0 Å². The summed E-state index contributed by atoms with van der Waals surface area (Å²) < 4.78 is 51.1. The summed E-state index contributed by atoms with van der Waals surface area (Å²) in [6, 6.07) is 2.54. The first-order valence-electron chi connectivity index (χ1n) is 5.99. The number of benzene rings is 1. The Morgan fingerprint density at radius 2 is 1.94 bits per heavy atom. The van der Waals surface area contributed by atoms with E-state index in [9.17, 15) is 17.6 Å². The largest absolute Gasteiger partial charge is 0.416 e. The van der Waals surface area contributed by atoms with Crippen LogP contribution in [0.3, 0.4) is 0 Å². The first-order valence-corrected chi connectivity index (χ1v) is 5.99. The maximum absolute atomic E-state index is 13.5. The molecule has 2 atom stereocenters. The highest BCUT2D eigenvalue weighted by Crippen LogP contribution is 2.33.